The number of nitrogens with two attached hydrogens (primary N) is 1. The average Bonchev–Trinajstić information content (AvgIpc) is 2.36. The topological polar surface area (TPSA) is 55.6 Å². The Morgan fingerprint density at radius 2 is 2.16 bits per heavy atom. The summed E-state index contributed by atoms with van der Waals surface area (Å²) >= 11 is 0. The predicted molar refractivity (Wildman–Crippen MR) is 75.8 cm³/mol. The third-order valence-corrected chi connectivity index (χ3v) is 4.53. The van der Waals surface area contributed by atoms with E-state index in [1.165, 1.54) is 6.42 Å². The third-order valence-electron chi connectivity index (χ3n) is 4.53. The number of carbonyl (C=O) groups is 1. The van der Waals surface area contributed by atoms with E-state index < -0.39 is 0 Å². The number of piperidine rings is 1. The van der Waals surface area contributed by atoms with Crippen LogP contribution in [0.5, 0.6) is 0 Å². The molecule has 0 spiro atoms. The lowest BCUT2D eigenvalue weighted by atomic mass is 9.79. The maximum absolute atomic E-state index is 12.4. The van der Waals surface area contributed by atoms with E-state index >= 15 is 0 Å². The van der Waals surface area contributed by atoms with Gasteiger partial charge in [0.05, 0.1) is 6.10 Å². The molecule has 0 aromatic heterocycles. The second-order valence-electron chi connectivity index (χ2n) is 6.13. The molecule has 1 saturated heterocycles. The van der Waals surface area contributed by atoms with E-state index in [1.807, 2.05) is 18.7 Å². The molecule has 1 aliphatic carbocycles. The van der Waals surface area contributed by atoms with Gasteiger partial charge >= 0.3 is 0 Å². The van der Waals surface area contributed by atoms with Crippen molar-refractivity contribution in [3.8, 4) is 0 Å². The number of likely N-dealkylation sites (tertiary alicyclic amines) is 1. The molecule has 0 aromatic rings. The monoisotopic (exact) mass is 268 g/mol. The number of rotatable bonds is 5. The number of ether oxygens (including phenoxy) is 1. The van der Waals surface area contributed by atoms with Crippen LogP contribution in [-0.4, -0.2) is 42.1 Å². The van der Waals surface area contributed by atoms with Gasteiger partial charge in [-0.3, -0.25) is 4.79 Å². The first-order chi connectivity index (χ1) is 9.11. The van der Waals surface area contributed by atoms with Crippen LogP contribution in [0.3, 0.4) is 0 Å². The fraction of sp³-hybridized carbons (Fsp3) is 0.933. The van der Waals surface area contributed by atoms with E-state index in [1.54, 1.807) is 0 Å². The molecule has 0 radical (unpaired) electrons. The molecule has 1 heterocycles. The summed E-state index contributed by atoms with van der Waals surface area (Å²) < 4.78 is 5.55. The van der Waals surface area contributed by atoms with Gasteiger partial charge in [0.15, 0.2) is 0 Å². The van der Waals surface area contributed by atoms with Crippen LogP contribution < -0.4 is 5.73 Å². The highest BCUT2D eigenvalue weighted by Gasteiger charge is 2.35. The van der Waals surface area contributed by atoms with E-state index in [4.69, 9.17) is 10.5 Å². The summed E-state index contributed by atoms with van der Waals surface area (Å²) in [7, 11) is 0. The highest BCUT2D eigenvalue weighted by Crippen LogP contribution is 2.34. The number of carbonyl (C=O) groups excluding carboxylic acids is 1. The average molecular weight is 268 g/mol. The van der Waals surface area contributed by atoms with Crippen molar-refractivity contribution >= 4 is 5.91 Å². The summed E-state index contributed by atoms with van der Waals surface area (Å²) in [5.74, 6) is 0.835. The zero-order valence-corrected chi connectivity index (χ0v) is 12.3. The second-order valence-corrected chi connectivity index (χ2v) is 6.13. The van der Waals surface area contributed by atoms with Gasteiger partial charge in [-0.05, 0) is 51.9 Å². The van der Waals surface area contributed by atoms with Gasteiger partial charge < -0.3 is 15.4 Å². The quantitative estimate of drug-likeness (QED) is 0.829. The van der Waals surface area contributed by atoms with Gasteiger partial charge in [-0.15, -0.1) is 0 Å². The van der Waals surface area contributed by atoms with Crippen LogP contribution in [0.25, 0.3) is 0 Å². The Bertz CT molecular complexity index is 301. The maximum atomic E-state index is 12.4. The Morgan fingerprint density at radius 3 is 2.79 bits per heavy atom. The molecule has 2 rings (SSSR count). The van der Waals surface area contributed by atoms with Gasteiger partial charge in [0, 0.05) is 31.7 Å². The molecule has 110 valence electrons. The van der Waals surface area contributed by atoms with Gasteiger partial charge in [0.2, 0.25) is 5.91 Å². The molecule has 2 atom stereocenters. The minimum absolute atomic E-state index is 0.0850. The zero-order chi connectivity index (χ0) is 13.8. The Hall–Kier alpha value is -0.610. The van der Waals surface area contributed by atoms with Crippen molar-refractivity contribution < 1.29 is 9.53 Å². The Kier molecular flexibility index (Phi) is 5.22. The zero-order valence-electron chi connectivity index (χ0n) is 12.3. The minimum Gasteiger partial charge on any atom is -0.378 e. The molecule has 2 aliphatic rings. The van der Waals surface area contributed by atoms with Crippen molar-refractivity contribution in [3.05, 3.63) is 0 Å². The molecule has 1 saturated carbocycles. The molecule has 19 heavy (non-hydrogen) atoms. The van der Waals surface area contributed by atoms with Gasteiger partial charge in [-0.25, -0.2) is 0 Å². The fourth-order valence-electron chi connectivity index (χ4n) is 3.39. The van der Waals surface area contributed by atoms with Crippen molar-refractivity contribution in [1.82, 2.24) is 4.90 Å². The lowest BCUT2D eigenvalue weighted by Crippen LogP contribution is -2.52. The molecular weight excluding hydrogens is 240 g/mol. The van der Waals surface area contributed by atoms with Gasteiger partial charge in [-0.1, -0.05) is 0 Å². The number of hydrogen-bond acceptors (Lipinski definition) is 3. The fourth-order valence-corrected chi connectivity index (χ4v) is 3.39. The molecule has 2 N–H and O–H groups in total. The first kappa shape index (κ1) is 14.8. The molecule has 2 unspecified atom stereocenters. The number of nitrogens with zero attached hydrogens (tertiary/aromatic N) is 1. The van der Waals surface area contributed by atoms with Crippen molar-refractivity contribution in [2.45, 2.75) is 70.6 Å². The third kappa shape index (κ3) is 3.69. The first-order valence-corrected chi connectivity index (χ1v) is 7.78. The van der Waals surface area contributed by atoms with Crippen LogP contribution in [-0.2, 0) is 9.53 Å². The molecule has 4 heteroatoms. The summed E-state index contributed by atoms with van der Waals surface area (Å²) in [6.07, 6.45) is 6.58. The van der Waals surface area contributed by atoms with Crippen LogP contribution in [0.2, 0.25) is 0 Å². The molecule has 0 aromatic carbocycles. The summed E-state index contributed by atoms with van der Waals surface area (Å²) in [6, 6.07) is 0.339. The molecule has 1 aliphatic heterocycles. The van der Waals surface area contributed by atoms with Gasteiger partial charge in [0.1, 0.15) is 0 Å². The SMILES string of the molecule is CCOC1CC(CC(=O)N2CCCCC2C(C)N)C1. The summed E-state index contributed by atoms with van der Waals surface area (Å²) in [5.41, 5.74) is 6.02. The lowest BCUT2D eigenvalue weighted by molar-refractivity contribution is -0.138. The molecule has 0 bridgehead atoms. The van der Waals surface area contributed by atoms with E-state index in [-0.39, 0.29) is 12.1 Å². The highest BCUT2D eigenvalue weighted by atomic mass is 16.5. The van der Waals surface area contributed by atoms with E-state index in [9.17, 15) is 4.79 Å². The minimum atomic E-state index is 0.0850. The van der Waals surface area contributed by atoms with E-state index in [2.05, 4.69) is 0 Å². The van der Waals surface area contributed by atoms with Crippen LogP contribution in [0.4, 0.5) is 0 Å². The first-order valence-electron chi connectivity index (χ1n) is 7.78. The van der Waals surface area contributed by atoms with Crippen molar-refractivity contribution in [3.63, 3.8) is 0 Å². The van der Waals surface area contributed by atoms with Gasteiger partial charge in [0.25, 0.3) is 0 Å². The number of amides is 1. The summed E-state index contributed by atoms with van der Waals surface area (Å²) in [5, 5.41) is 0. The summed E-state index contributed by atoms with van der Waals surface area (Å²) in [4.78, 5) is 14.5. The maximum Gasteiger partial charge on any atom is 0.223 e. The van der Waals surface area contributed by atoms with Crippen molar-refractivity contribution in [2.24, 2.45) is 11.7 Å². The van der Waals surface area contributed by atoms with Crippen LogP contribution >= 0.6 is 0 Å². The van der Waals surface area contributed by atoms with Crippen LogP contribution in [0, 0.1) is 5.92 Å². The normalized spacial score (nSPS) is 32.8. The largest absolute Gasteiger partial charge is 0.378 e. The van der Waals surface area contributed by atoms with E-state index in [0.717, 1.165) is 38.8 Å². The molecule has 4 nitrogen and oxygen atoms in total. The molecule has 2 fully saturated rings. The lowest BCUT2D eigenvalue weighted by Gasteiger charge is -2.41. The smallest absolute Gasteiger partial charge is 0.223 e. The Labute approximate surface area is 116 Å². The van der Waals surface area contributed by atoms with E-state index in [0.29, 0.717) is 24.3 Å². The molecular formula is C15H28N2O2. The van der Waals surface area contributed by atoms with Crippen LogP contribution in [0.15, 0.2) is 0 Å². The Balaban J connectivity index is 1.79. The van der Waals surface area contributed by atoms with Crippen LogP contribution in [0.1, 0.15) is 52.4 Å². The highest BCUT2D eigenvalue weighted by molar-refractivity contribution is 5.77. The number of hydrogen-bond donors (Lipinski definition) is 1. The van der Waals surface area contributed by atoms with Crippen molar-refractivity contribution in [1.29, 1.82) is 0 Å². The van der Waals surface area contributed by atoms with Crippen molar-refractivity contribution in [2.75, 3.05) is 13.2 Å². The standard InChI is InChI=1S/C15H28N2O2/c1-3-19-13-8-12(9-13)10-15(18)17-7-5-4-6-14(17)11(2)16/h11-14H,3-10,16H2,1-2H3. The summed E-state index contributed by atoms with van der Waals surface area (Å²) in [6.45, 7) is 5.72. The Morgan fingerprint density at radius 1 is 1.42 bits per heavy atom. The second kappa shape index (κ2) is 6.71. The predicted octanol–water partition coefficient (Wildman–Crippen LogP) is 1.92. The molecule has 1 amide bonds. The van der Waals surface area contributed by atoms with Gasteiger partial charge in [-0.2, -0.15) is 0 Å².